The van der Waals surface area contributed by atoms with Crippen molar-refractivity contribution < 1.29 is 0 Å². The number of unbranched alkanes of at least 4 members (excludes halogenated alkanes) is 2. The minimum atomic E-state index is 0.512. The SMILES string of the molecule is CCCCCC(C)(C)C(CC)CCC1C(C)CCC(C)(C(C)C(C)CC)C1C. The van der Waals surface area contributed by atoms with Crippen molar-refractivity contribution in [1.82, 2.24) is 0 Å². The maximum atomic E-state index is 2.64. The summed E-state index contributed by atoms with van der Waals surface area (Å²) in [6.07, 6.45) is 14.1. The average Bonchev–Trinajstić information content (AvgIpc) is 2.66. The molecule has 0 aliphatic heterocycles. The molecule has 0 aromatic carbocycles. The van der Waals surface area contributed by atoms with Gasteiger partial charge in [0.1, 0.15) is 0 Å². The normalized spacial score (nSPS) is 32.1. The maximum absolute atomic E-state index is 2.64. The third kappa shape index (κ3) is 6.25. The first-order valence-corrected chi connectivity index (χ1v) is 13.0. The summed E-state index contributed by atoms with van der Waals surface area (Å²) in [4.78, 5) is 0. The molecule has 7 atom stereocenters. The molecule has 168 valence electrons. The van der Waals surface area contributed by atoms with Gasteiger partial charge in [0.15, 0.2) is 0 Å². The van der Waals surface area contributed by atoms with Crippen LogP contribution in [0.5, 0.6) is 0 Å². The predicted molar refractivity (Wildman–Crippen MR) is 129 cm³/mol. The van der Waals surface area contributed by atoms with Crippen molar-refractivity contribution in [3.05, 3.63) is 0 Å². The third-order valence-corrected chi connectivity index (χ3v) is 9.96. The highest BCUT2D eigenvalue weighted by Gasteiger charge is 2.46. The molecule has 0 saturated heterocycles. The minimum Gasteiger partial charge on any atom is -0.0654 e. The van der Waals surface area contributed by atoms with Crippen molar-refractivity contribution >= 4 is 0 Å². The predicted octanol–water partition coefficient (Wildman–Crippen LogP) is 9.77. The van der Waals surface area contributed by atoms with Gasteiger partial charge < -0.3 is 0 Å². The van der Waals surface area contributed by atoms with Gasteiger partial charge in [-0.3, -0.25) is 0 Å². The zero-order valence-corrected chi connectivity index (χ0v) is 21.5. The van der Waals surface area contributed by atoms with Crippen LogP contribution in [0, 0.1) is 46.3 Å². The van der Waals surface area contributed by atoms with Crippen molar-refractivity contribution in [2.45, 2.75) is 133 Å². The van der Waals surface area contributed by atoms with Crippen LogP contribution in [-0.4, -0.2) is 0 Å². The fourth-order valence-electron chi connectivity index (χ4n) is 6.72. The molecule has 0 aromatic rings. The van der Waals surface area contributed by atoms with Crippen LogP contribution < -0.4 is 0 Å². The van der Waals surface area contributed by atoms with Crippen molar-refractivity contribution in [2.75, 3.05) is 0 Å². The van der Waals surface area contributed by atoms with E-state index in [4.69, 9.17) is 0 Å². The second kappa shape index (κ2) is 11.4. The Morgan fingerprint density at radius 2 is 1.64 bits per heavy atom. The second-order valence-electron chi connectivity index (χ2n) is 11.8. The third-order valence-electron chi connectivity index (χ3n) is 9.96. The molecule has 28 heavy (non-hydrogen) atoms. The quantitative estimate of drug-likeness (QED) is 0.290. The van der Waals surface area contributed by atoms with Crippen LogP contribution in [0.3, 0.4) is 0 Å². The first-order valence-electron chi connectivity index (χ1n) is 13.0. The van der Waals surface area contributed by atoms with Crippen LogP contribution in [0.1, 0.15) is 133 Å². The topological polar surface area (TPSA) is 0 Å². The van der Waals surface area contributed by atoms with Gasteiger partial charge in [0.05, 0.1) is 0 Å². The van der Waals surface area contributed by atoms with E-state index in [9.17, 15) is 0 Å². The summed E-state index contributed by atoms with van der Waals surface area (Å²) in [5.74, 6) is 5.28. The Kier molecular flexibility index (Phi) is 10.6. The maximum Gasteiger partial charge on any atom is -0.0269 e. The molecule has 1 saturated carbocycles. The van der Waals surface area contributed by atoms with E-state index < -0.39 is 0 Å². The summed E-state index contributed by atoms with van der Waals surface area (Å²) >= 11 is 0. The molecule has 0 radical (unpaired) electrons. The van der Waals surface area contributed by atoms with E-state index in [2.05, 4.69) is 69.2 Å². The Bertz CT molecular complexity index is 422. The van der Waals surface area contributed by atoms with Gasteiger partial charge in [-0.1, -0.05) is 101 Å². The molecule has 0 N–H and O–H groups in total. The number of hydrogen-bond acceptors (Lipinski definition) is 0. The summed E-state index contributed by atoms with van der Waals surface area (Å²) in [6, 6.07) is 0. The molecule has 1 rings (SSSR count). The molecule has 0 spiro atoms. The first-order chi connectivity index (χ1) is 13.0. The molecule has 0 aromatic heterocycles. The van der Waals surface area contributed by atoms with Crippen LogP contribution in [0.4, 0.5) is 0 Å². The minimum absolute atomic E-state index is 0.512. The van der Waals surface area contributed by atoms with Crippen molar-refractivity contribution in [1.29, 1.82) is 0 Å². The van der Waals surface area contributed by atoms with E-state index in [1.54, 1.807) is 0 Å². The fraction of sp³-hybridized carbons (Fsp3) is 1.00. The molecule has 0 bridgehead atoms. The van der Waals surface area contributed by atoms with Gasteiger partial charge in [-0.15, -0.1) is 0 Å². The van der Waals surface area contributed by atoms with Gasteiger partial charge in [-0.05, 0) is 78.4 Å². The Balaban J connectivity index is 2.81. The Morgan fingerprint density at radius 1 is 1.00 bits per heavy atom. The summed E-state index contributed by atoms with van der Waals surface area (Å²) in [5.41, 5.74) is 1.04. The molecule has 1 aliphatic rings. The van der Waals surface area contributed by atoms with Crippen LogP contribution in [-0.2, 0) is 0 Å². The van der Waals surface area contributed by atoms with Crippen molar-refractivity contribution in [3.8, 4) is 0 Å². The highest BCUT2D eigenvalue weighted by atomic mass is 14.5. The standard InChI is InChI=1S/C28H56/c1-11-14-15-19-27(8,9)25(13-3)16-17-26-22(5)18-20-28(10,24(26)7)23(6)21(4)12-2/h21-26H,11-20H2,1-10H3. The zero-order valence-electron chi connectivity index (χ0n) is 21.5. The van der Waals surface area contributed by atoms with Gasteiger partial charge in [-0.25, -0.2) is 0 Å². The van der Waals surface area contributed by atoms with Gasteiger partial charge in [0.2, 0.25) is 0 Å². The summed E-state index contributed by atoms with van der Waals surface area (Å²) in [7, 11) is 0. The van der Waals surface area contributed by atoms with Crippen molar-refractivity contribution in [2.24, 2.45) is 46.3 Å². The molecule has 7 unspecified atom stereocenters. The van der Waals surface area contributed by atoms with Gasteiger partial charge in [-0.2, -0.15) is 0 Å². The van der Waals surface area contributed by atoms with Crippen LogP contribution in [0.2, 0.25) is 0 Å². The second-order valence-corrected chi connectivity index (χ2v) is 11.8. The van der Waals surface area contributed by atoms with E-state index in [-0.39, 0.29) is 0 Å². The summed E-state index contributed by atoms with van der Waals surface area (Å²) in [5, 5.41) is 0. The highest BCUT2D eigenvalue weighted by molar-refractivity contribution is 4.95. The molecule has 1 fully saturated rings. The van der Waals surface area contributed by atoms with Crippen molar-refractivity contribution in [3.63, 3.8) is 0 Å². The molecule has 0 amide bonds. The Labute approximate surface area is 180 Å². The lowest BCUT2D eigenvalue weighted by molar-refractivity contribution is -0.0343. The molecule has 0 heterocycles. The highest BCUT2D eigenvalue weighted by Crippen LogP contribution is 2.54. The lowest BCUT2D eigenvalue weighted by atomic mass is 9.52. The van der Waals surface area contributed by atoms with Crippen LogP contribution in [0.15, 0.2) is 0 Å². The first kappa shape index (κ1) is 26.0. The van der Waals surface area contributed by atoms with E-state index in [1.807, 2.05) is 0 Å². The molecule has 0 heteroatoms. The lowest BCUT2D eigenvalue weighted by Gasteiger charge is -2.53. The van der Waals surface area contributed by atoms with Gasteiger partial charge in [0.25, 0.3) is 0 Å². The largest absolute Gasteiger partial charge is 0.0654 e. The lowest BCUT2D eigenvalue weighted by Crippen LogP contribution is -2.45. The van der Waals surface area contributed by atoms with E-state index in [1.165, 1.54) is 64.2 Å². The molecular formula is C28H56. The average molecular weight is 393 g/mol. The number of rotatable bonds is 12. The number of hydrogen-bond donors (Lipinski definition) is 0. The van der Waals surface area contributed by atoms with E-state index >= 15 is 0 Å². The van der Waals surface area contributed by atoms with E-state index in [0.29, 0.717) is 10.8 Å². The van der Waals surface area contributed by atoms with Crippen LogP contribution in [0.25, 0.3) is 0 Å². The Morgan fingerprint density at radius 3 is 2.18 bits per heavy atom. The molecule has 1 aliphatic carbocycles. The smallest absolute Gasteiger partial charge is 0.0269 e. The zero-order chi connectivity index (χ0) is 21.5. The van der Waals surface area contributed by atoms with Gasteiger partial charge in [0, 0.05) is 0 Å². The Hall–Kier alpha value is 0. The monoisotopic (exact) mass is 392 g/mol. The molecule has 0 nitrogen and oxygen atoms in total. The van der Waals surface area contributed by atoms with Gasteiger partial charge >= 0.3 is 0 Å². The van der Waals surface area contributed by atoms with Crippen LogP contribution >= 0.6 is 0 Å². The van der Waals surface area contributed by atoms with E-state index in [0.717, 1.165) is 35.5 Å². The summed E-state index contributed by atoms with van der Waals surface area (Å²) < 4.78 is 0. The molecular weight excluding hydrogens is 336 g/mol. The summed E-state index contributed by atoms with van der Waals surface area (Å²) in [6.45, 7) is 25.1. The fourth-order valence-corrected chi connectivity index (χ4v) is 6.72.